The van der Waals surface area contributed by atoms with Crippen LogP contribution in [0, 0.1) is 17.8 Å². The van der Waals surface area contributed by atoms with Crippen LogP contribution in [0.3, 0.4) is 0 Å². The molecule has 2 N–H and O–H groups in total. The van der Waals surface area contributed by atoms with Crippen molar-refractivity contribution >= 4 is 28.8 Å². The van der Waals surface area contributed by atoms with Crippen LogP contribution in [0.5, 0.6) is 0 Å². The van der Waals surface area contributed by atoms with E-state index in [0.29, 0.717) is 0 Å². The van der Waals surface area contributed by atoms with Crippen LogP contribution in [0.25, 0.3) is 0 Å². The maximum absolute atomic E-state index is 11.4. The maximum atomic E-state index is 11.4. The Bertz CT molecular complexity index is 237. The molecular weight excluding hydrogens is 295 g/mol. The van der Waals surface area contributed by atoms with E-state index < -0.39 is 0 Å². The van der Waals surface area contributed by atoms with E-state index in [1.54, 1.807) is 0 Å². The Balaban J connectivity index is 1.92. The first kappa shape index (κ1) is 10.6. The second-order valence-electron chi connectivity index (χ2n) is 4.30. The first-order valence-corrected chi connectivity index (χ1v) is 6.02. The molecule has 3 unspecified atom stereocenters. The highest BCUT2D eigenvalue weighted by atomic mass is 127. The number of carbonyl (C=O) groups excluding carboxylic acids is 1. The Morgan fingerprint density at radius 1 is 1.64 bits per heavy atom. The summed E-state index contributed by atoms with van der Waals surface area (Å²) in [5.41, 5.74) is 0. The first-order valence-electron chi connectivity index (χ1n) is 4.94. The molecular formula is C9H15IN2O2. The summed E-state index contributed by atoms with van der Waals surface area (Å²) in [5, 5.41) is 9.15. The Hall–Kier alpha value is 0.120. The predicted molar refractivity (Wildman–Crippen MR) is 60.8 cm³/mol. The highest BCUT2D eigenvalue weighted by Gasteiger charge is 2.54. The average molecular weight is 310 g/mol. The van der Waals surface area contributed by atoms with Gasteiger partial charge in [0.15, 0.2) is 0 Å². The molecule has 80 valence electrons. The summed E-state index contributed by atoms with van der Waals surface area (Å²) >= 11 is 1.82. The first-order chi connectivity index (χ1) is 6.69. The number of nitrogens with one attached hydrogen (secondary N) is 1. The van der Waals surface area contributed by atoms with Gasteiger partial charge in [-0.3, -0.25) is 13.2 Å². The summed E-state index contributed by atoms with van der Waals surface area (Å²) in [4.78, 5) is 13.5. The summed E-state index contributed by atoms with van der Waals surface area (Å²) in [6, 6.07) is -0.341. The van der Waals surface area contributed by atoms with E-state index in [9.17, 15) is 4.79 Å². The molecule has 1 amide bonds. The monoisotopic (exact) mass is 310 g/mol. The molecule has 0 radical (unpaired) electrons. The average Bonchev–Trinajstić information content (AvgIpc) is 2.67. The third-order valence-electron chi connectivity index (χ3n) is 3.66. The molecule has 3 atom stereocenters. The number of aliphatic hydroxyl groups is 1. The van der Waals surface area contributed by atoms with Crippen molar-refractivity contribution in [1.29, 1.82) is 0 Å². The summed E-state index contributed by atoms with van der Waals surface area (Å²) in [5.74, 6) is 2.28. The Kier molecular flexibility index (Phi) is 2.99. The van der Waals surface area contributed by atoms with Gasteiger partial charge in [-0.25, -0.2) is 0 Å². The van der Waals surface area contributed by atoms with Crippen molar-refractivity contribution in [2.75, 3.05) is 19.7 Å². The summed E-state index contributed by atoms with van der Waals surface area (Å²) in [6.45, 7) is 4.13. The lowest BCUT2D eigenvalue weighted by atomic mass is 10.2. The van der Waals surface area contributed by atoms with Crippen LogP contribution in [0.4, 0.5) is 0 Å². The molecule has 1 heterocycles. The quantitative estimate of drug-likeness (QED) is 0.570. The van der Waals surface area contributed by atoms with Gasteiger partial charge in [0.25, 0.3) is 0 Å². The largest absolute Gasteiger partial charge is 0.394 e. The molecule has 4 nitrogen and oxygen atoms in total. The van der Waals surface area contributed by atoms with Crippen molar-refractivity contribution in [1.82, 2.24) is 8.43 Å². The van der Waals surface area contributed by atoms with Gasteiger partial charge >= 0.3 is 0 Å². The van der Waals surface area contributed by atoms with E-state index in [-0.39, 0.29) is 18.6 Å². The number of hydrogen-bond donors (Lipinski definition) is 2. The zero-order valence-corrected chi connectivity index (χ0v) is 10.3. The van der Waals surface area contributed by atoms with Crippen LogP contribution < -0.4 is 3.53 Å². The van der Waals surface area contributed by atoms with Gasteiger partial charge in [0.05, 0.1) is 29.5 Å². The van der Waals surface area contributed by atoms with E-state index in [4.69, 9.17) is 5.11 Å². The van der Waals surface area contributed by atoms with Gasteiger partial charge < -0.3 is 5.11 Å². The highest BCUT2D eigenvalue weighted by molar-refractivity contribution is 14.1. The smallest absolute Gasteiger partial charge is 0.248 e. The number of piperidine rings is 1. The third kappa shape index (κ3) is 1.65. The fourth-order valence-electron chi connectivity index (χ4n) is 2.54. The molecule has 1 aliphatic carbocycles. The minimum atomic E-state index is -0.341. The number of halogens is 1. The number of fused-ring (bicyclic) bond motifs is 1. The molecule has 14 heavy (non-hydrogen) atoms. The van der Waals surface area contributed by atoms with Gasteiger partial charge in [-0.15, -0.1) is 0 Å². The van der Waals surface area contributed by atoms with Crippen LogP contribution in [-0.2, 0) is 4.79 Å². The van der Waals surface area contributed by atoms with E-state index in [2.05, 4.69) is 15.4 Å². The van der Waals surface area contributed by atoms with Crippen molar-refractivity contribution in [2.24, 2.45) is 17.8 Å². The van der Waals surface area contributed by atoms with Crippen molar-refractivity contribution in [3.8, 4) is 0 Å². The van der Waals surface area contributed by atoms with Crippen molar-refractivity contribution < 1.29 is 9.90 Å². The lowest BCUT2D eigenvalue weighted by molar-refractivity contribution is -0.125. The minimum Gasteiger partial charge on any atom is -0.394 e. The maximum Gasteiger partial charge on any atom is 0.248 e. The minimum absolute atomic E-state index is 0.0807. The molecule has 0 bridgehead atoms. The van der Waals surface area contributed by atoms with Gasteiger partial charge in [0, 0.05) is 13.1 Å². The van der Waals surface area contributed by atoms with Crippen LogP contribution >= 0.6 is 22.9 Å². The van der Waals surface area contributed by atoms with Crippen molar-refractivity contribution in [2.45, 2.75) is 13.0 Å². The van der Waals surface area contributed by atoms with Crippen LogP contribution in [-0.4, -0.2) is 41.7 Å². The third-order valence-corrected chi connectivity index (χ3v) is 4.19. The van der Waals surface area contributed by atoms with Gasteiger partial charge in [-0.1, -0.05) is 6.92 Å². The Labute approximate surface area is 97.5 Å². The number of aliphatic hydroxyl groups excluding tert-OH is 1. The van der Waals surface area contributed by atoms with Crippen molar-refractivity contribution in [3.63, 3.8) is 0 Å². The Morgan fingerprint density at radius 2 is 2.21 bits per heavy atom. The van der Waals surface area contributed by atoms with Crippen molar-refractivity contribution in [3.05, 3.63) is 0 Å². The zero-order chi connectivity index (χ0) is 10.3. The second kappa shape index (κ2) is 3.94. The fraction of sp³-hybridized carbons (Fsp3) is 0.889. The lowest BCUT2D eigenvalue weighted by Crippen LogP contribution is -2.47. The molecule has 0 aromatic carbocycles. The van der Waals surface area contributed by atoms with E-state index in [0.717, 1.165) is 30.8 Å². The summed E-state index contributed by atoms with van der Waals surface area (Å²) in [7, 11) is 0. The molecule has 0 aromatic rings. The molecule has 2 aliphatic rings. The number of rotatable bonds is 3. The molecule has 2 rings (SSSR count). The topological polar surface area (TPSA) is 52.6 Å². The predicted octanol–water partition coefficient (Wildman–Crippen LogP) is 0.0112. The number of amides is 1. The van der Waals surface area contributed by atoms with Gasteiger partial charge in [0.1, 0.15) is 6.04 Å². The molecule has 0 aromatic heterocycles. The highest BCUT2D eigenvalue weighted by Crippen LogP contribution is 2.51. The van der Waals surface area contributed by atoms with Crippen LogP contribution in [0.1, 0.15) is 6.92 Å². The molecule has 0 spiro atoms. The zero-order valence-electron chi connectivity index (χ0n) is 8.11. The van der Waals surface area contributed by atoms with Crippen LogP contribution in [0.15, 0.2) is 0 Å². The normalized spacial score (nSPS) is 37.8. The molecule has 5 heteroatoms. The molecule has 1 aliphatic heterocycles. The summed E-state index contributed by atoms with van der Waals surface area (Å²) in [6.07, 6.45) is 0. The van der Waals surface area contributed by atoms with E-state index in [1.807, 2.05) is 22.9 Å². The van der Waals surface area contributed by atoms with Crippen LogP contribution in [0.2, 0.25) is 0 Å². The van der Waals surface area contributed by atoms with E-state index in [1.165, 1.54) is 0 Å². The lowest BCUT2D eigenvalue weighted by Gasteiger charge is -2.25. The molecule has 2 fully saturated rings. The number of hydrogen-bond acceptors (Lipinski definition) is 3. The number of carbonyl (C=O) groups is 1. The second-order valence-corrected chi connectivity index (χ2v) is 4.84. The Morgan fingerprint density at radius 3 is 2.64 bits per heavy atom. The van der Waals surface area contributed by atoms with E-state index >= 15 is 0 Å². The SMILES string of the molecule is CC1C2CN(C(CO)C(=O)NI)CC12. The number of likely N-dealkylation sites (tertiary alicyclic amines) is 1. The standard InChI is InChI=1S/C9H15IN2O2/c1-5-6-2-12(3-7(5)6)8(4-13)9(14)11-10/h5-8,13H,2-4H2,1H3,(H,11,14). The molecule has 1 saturated heterocycles. The summed E-state index contributed by atoms with van der Waals surface area (Å²) < 4.78 is 2.56. The van der Waals surface area contributed by atoms with Gasteiger partial charge in [0.2, 0.25) is 5.91 Å². The van der Waals surface area contributed by atoms with Gasteiger partial charge in [-0.05, 0) is 17.8 Å². The van der Waals surface area contributed by atoms with Gasteiger partial charge in [-0.2, -0.15) is 0 Å². The fourth-order valence-corrected chi connectivity index (χ4v) is 2.90. The molecule has 1 saturated carbocycles. The number of nitrogens with zero attached hydrogens (tertiary/aromatic N) is 1.